The second-order valence-corrected chi connectivity index (χ2v) is 5.80. The lowest BCUT2D eigenvalue weighted by molar-refractivity contribution is 0.529. The Bertz CT molecular complexity index is 542. The zero-order valence-electron chi connectivity index (χ0n) is 13.5. The highest BCUT2D eigenvalue weighted by Crippen LogP contribution is 2.20. The van der Waals surface area contributed by atoms with Gasteiger partial charge in [0.2, 0.25) is 0 Å². The Morgan fingerprint density at radius 3 is 2.33 bits per heavy atom. The fraction of sp³-hybridized carbons (Fsp3) is 0.400. The minimum Gasteiger partial charge on any atom is -0.310 e. The molecule has 1 N–H and O–H groups in total. The largest absolute Gasteiger partial charge is 0.310 e. The lowest BCUT2D eigenvalue weighted by atomic mass is 9.96. The summed E-state index contributed by atoms with van der Waals surface area (Å²) in [5.74, 6) is 0. The van der Waals surface area contributed by atoms with Gasteiger partial charge in [0.25, 0.3) is 0 Å². The molecule has 2 aromatic rings. The van der Waals surface area contributed by atoms with Gasteiger partial charge < -0.3 is 5.32 Å². The van der Waals surface area contributed by atoms with E-state index in [-0.39, 0.29) is 0 Å². The summed E-state index contributed by atoms with van der Waals surface area (Å²) in [6.45, 7) is 7.64. The molecule has 0 amide bonds. The van der Waals surface area contributed by atoms with Crippen molar-refractivity contribution in [3.8, 4) is 0 Å². The molecule has 21 heavy (non-hydrogen) atoms. The molecule has 0 heterocycles. The van der Waals surface area contributed by atoms with Crippen molar-refractivity contribution in [3.63, 3.8) is 0 Å². The molecule has 0 aliphatic rings. The van der Waals surface area contributed by atoms with Crippen LogP contribution in [0.4, 0.5) is 0 Å². The molecular weight excluding hydrogens is 254 g/mol. The standard InChI is InChI=1S/C20H27N/c1-4-13-21-20(15-18-8-6-7-16(3)14-18)19-11-9-17(5-2)10-12-19/h6-12,14,20-21H,4-5,13,15H2,1-3H3. The van der Waals surface area contributed by atoms with Gasteiger partial charge in [0.1, 0.15) is 0 Å². The number of benzene rings is 2. The Morgan fingerprint density at radius 2 is 1.71 bits per heavy atom. The summed E-state index contributed by atoms with van der Waals surface area (Å²) in [4.78, 5) is 0. The van der Waals surface area contributed by atoms with Gasteiger partial charge in [-0.1, -0.05) is 67.9 Å². The first kappa shape index (κ1) is 15.8. The normalized spacial score (nSPS) is 12.3. The summed E-state index contributed by atoms with van der Waals surface area (Å²) in [5, 5.41) is 3.69. The van der Waals surface area contributed by atoms with Gasteiger partial charge in [0, 0.05) is 6.04 Å². The Morgan fingerprint density at radius 1 is 0.952 bits per heavy atom. The first-order valence-electron chi connectivity index (χ1n) is 8.10. The van der Waals surface area contributed by atoms with Crippen molar-refractivity contribution in [3.05, 3.63) is 70.8 Å². The topological polar surface area (TPSA) is 12.0 Å². The van der Waals surface area contributed by atoms with Crippen LogP contribution in [0.1, 0.15) is 48.6 Å². The third-order valence-corrected chi connectivity index (χ3v) is 3.95. The predicted octanol–water partition coefficient (Wildman–Crippen LogP) is 4.84. The molecule has 1 unspecified atom stereocenters. The van der Waals surface area contributed by atoms with Crippen molar-refractivity contribution in [2.45, 2.75) is 46.1 Å². The number of aryl methyl sites for hydroxylation is 2. The highest BCUT2D eigenvalue weighted by atomic mass is 14.9. The van der Waals surface area contributed by atoms with Gasteiger partial charge in [0.15, 0.2) is 0 Å². The van der Waals surface area contributed by atoms with Crippen molar-refractivity contribution in [1.82, 2.24) is 5.32 Å². The highest BCUT2D eigenvalue weighted by molar-refractivity contribution is 5.29. The first-order chi connectivity index (χ1) is 10.2. The number of hydrogen-bond acceptors (Lipinski definition) is 1. The van der Waals surface area contributed by atoms with E-state index in [1.807, 2.05) is 0 Å². The monoisotopic (exact) mass is 281 g/mol. The molecule has 0 spiro atoms. The van der Waals surface area contributed by atoms with Crippen molar-refractivity contribution >= 4 is 0 Å². The van der Waals surface area contributed by atoms with E-state index in [1.54, 1.807) is 0 Å². The molecule has 112 valence electrons. The molecule has 0 aromatic heterocycles. The second-order valence-electron chi connectivity index (χ2n) is 5.80. The molecule has 0 saturated carbocycles. The molecule has 0 aliphatic carbocycles. The first-order valence-corrected chi connectivity index (χ1v) is 8.10. The molecule has 1 nitrogen and oxygen atoms in total. The van der Waals surface area contributed by atoms with Crippen LogP contribution in [0.2, 0.25) is 0 Å². The Labute approximate surface area is 129 Å². The van der Waals surface area contributed by atoms with E-state index in [0.29, 0.717) is 6.04 Å². The van der Waals surface area contributed by atoms with Gasteiger partial charge >= 0.3 is 0 Å². The molecular formula is C20H27N. The molecule has 0 radical (unpaired) electrons. The van der Waals surface area contributed by atoms with Crippen LogP contribution in [-0.2, 0) is 12.8 Å². The van der Waals surface area contributed by atoms with E-state index >= 15 is 0 Å². The maximum Gasteiger partial charge on any atom is 0.0360 e. The Balaban J connectivity index is 2.16. The summed E-state index contributed by atoms with van der Waals surface area (Å²) in [6, 6.07) is 18.3. The van der Waals surface area contributed by atoms with E-state index in [1.165, 1.54) is 22.3 Å². The van der Waals surface area contributed by atoms with E-state index in [2.05, 4.69) is 74.6 Å². The summed E-state index contributed by atoms with van der Waals surface area (Å²) in [7, 11) is 0. The summed E-state index contributed by atoms with van der Waals surface area (Å²) < 4.78 is 0. The summed E-state index contributed by atoms with van der Waals surface area (Å²) >= 11 is 0. The molecule has 2 aromatic carbocycles. The van der Waals surface area contributed by atoms with E-state index in [9.17, 15) is 0 Å². The van der Waals surface area contributed by atoms with Crippen LogP contribution in [0.3, 0.4) is 0 Å². The summed E-state index contributed by atoms with van der Waals surface area (Å²) in [5.41, 5.74) is 5.54. The zero-order chi connectivity index (χ0) is 15.1. The molecule has 0 bridgehead atoms. The highest BCUT2D eigenvalue weighted by Gasteiger charge is 2.11. The minimum atomic E-state index is 0.401. The predicted molar refractivity (Wildman–Crippen MR) is 91.7 cm³/mol. The molecule has 2 rings (SSSR count). The van der Waals surface area contributed by atoms with Crippen LogP contribution in [0.15, 0.2) is 48.5 Å². The van der Waals surface area contributed by atoms with Gasteiger partial charge in [-0.25, -0.2) is 0 Å². The van der Waals surface area contributed by atoms with Gasteiger partial charge in [0.05, 0.1) is 0 Å². The van der Waals surface area contributed by atoms with Crippen LogP contribution < -0.4 is 5.32 Å². The van der Waals surface area contributed by atoms with Crippen molar-refractivity contribution in [2.24, 2.45) is 0 Å². The van der Waals surface area contributed by atoms with Gasteiger partial charge in [-0.15, -0.1) is 0 Å². The van der Waals surface area contributed by atoms with Crippen molar-refractivity contribution < 1.29 is 0 Å². The van der Waals surface area contributed by atoms with Gasteiger partial charge in [-0.3, -0.25) is 0 Å². The van der Waals surface area contributed by atoms with E-state index < -0.39 is 0 Å². The van der Waals surface area contributed by atoms with Gasteiger partial charge in [-0.2, -0.15) is 0 Å². The Hall–Kier alpha value is -1.60. The molecule has 0 aliphatic heterocycles. The molecule has 1 atom stereocenters. The van der Waals surface area contributed by atoms with Crippen LogP contribution in [-0.4, -0.2) is 6.54 Å². The third-order valence-electron chi connectivity index (χ3n) is 3.95. The average molecular weight is 281 g/mol. The molecule has 0 saturated heterocycles. The quantitative estimate of drug-likeness (QED) is 0.765. The number of hydrogen-bond donors (Lipinski definition) is 1. The van der Waals surface area contributed by atoms with Crippen molar-refractivity contribution in [1.29, 1.82) is 0 Å². The lowest BCUT2D eigenvalue weighted by Gasteiger charge is -2.20. The zero-order valence-corrected chi connectivity index (χ0v) is 13.5. The Kier molecular flexibility index (Phi) is 6.01. The lowest BCUT2D eigenvalue weighted by Crippen LogP contribution is -2.24. The van der Waals surface area contributed by atoms with Crippen LogP contribution in [0.25, 0.3) is 0 Å². The smallest absolute Gasteiger partial charge is 0.0360 e. The maximum atomic E-state index is 3.69. The van der Waals surface area contributed by atoms with E-state index in [4.69, 9.17) is 0 Å². The van der Waals surface area contributed by atoms with E-state index in [0.717, 1.165) is 25.8 Å². The van der Waals surface area contributed by atoms with Crippen LogP contribution in [0, 0.1) is 6.92 Å². The average Bonchev–Trinajstić information content (AvgIpc) is 2.51. The second kappa shape index (κ2) is 7.99. The van der Waals surface area contributed by atoms with Crippen LogP contribution in [0.5, 0.6) is 0 Å². The number of nitrogens with one attached hydrogen (secondary N) is 1. The van der Waals surface area contributed by atoms with Crippen molar-refractivity contribution in [2.75, 3.05) is 6.54 Å². The fourth-order valence-corrected chi connectivity index (χ4v) is 2.69. The summed E-state index contributed by atoms with van der Waals surface area (Å²) in [6.07, 6.45) is 3.32. The minimum absolute atomic E-state index is 0.401. The maximum absolute atomic E-state index is 3.69. The van der Waals surface area contributed by atoms with Crippen LogP contribution >= 0.6 is 0 Å². The molecule has 1 heteroatoms. The number of rotatable bonds is 7. The molecule has 0 fully saturated rings. The SMILES string of the molecule is CCCNC(Cc1cccc(C)c1)c1ccc(CC)cc1. The fourth-order valence-electron chi connectivity index (χ4n) is 2.69. The van der Waals surface area contributed by atoms with Gasteiger partial charge in [-0.05, 0) is 49.4 Å². The third kappa shape index (κ3) is 4.71.